The van der Waals surface area contributed by atoms with Crippen LogP contribution in [0.2, 0.25) is 0 Å². The fraction of sp³-hybridized carbons (Fsp3) is 0.510. The molecule has 330 valence electrons. The number of aromatic hydroxyl groups is 1. The van der Waals surface area contributed by atoms with Crippen LogP contribution in [0.15, 0.2) is 72.3 Å². The quantitative estimate of drug-likeness (QED) is 0.0673. The molecule has 4 amide bonds. The number of imide groups is 1. The fourth-order valence-corrected chi connectivity index (χ4v) is 10.4. The molecule has 2 aliphatic heterocycles. The van der Waals surface area contributed by atoms with E-state index in [2.05, 4.69) is 52.3 Å². The summed E-state index contributed by atoms with van der Waals surface area (Å²) in [7, 11) is 0. The van der Waals surface area contributed by atoms with Crippen molar-refractivity contribution in [3.63, 3.8) is 0 Å². The van der Waals surface area contributed by atoms with Crippen LogP contribution < -0.4 is 20.7 Å². The van der Waals surface area contributed by atoms with Gasteiger partial charge >= 0.3 is 0 Å². The van der Waals surface area contributed by atoms with Gasteiger partial charge in [-0.25, -0.2) is 0 Å². The Bertz CT molecular complexity index is 2060. The molecule has 3 aromatic carbocycles. The number of hydrogen-bond acceptors (Lipinski definition) is 10. The number of benzene rings is 3. The lowest BCUT2D eigenvalue weighted by Crippen LogP contribution is -2.52. The van der Waals surface area contributed by atoms with Gasteiger partial charge in [0.15, 0.2) is 0 Å². The van der Waals surface area contributed by atoms with Gasteiger partial charge in [0, 0.05) is 49.3 Å². The number of fused-ring (bicyclic) bond motifs is 1. The van der Waals surface area contributed by atoms with Crippen molar-refractivity contribution in [2.75, 3.05) is 64.7 Å². The first-order chi connectivity index (χ1) is 30.3. The molecular formula is C49H60N4O9. The first-order valence-corrected chi connectivity index (χ1v) is 22.6. The van der Waals surface area contributed by atoms with Crippen molar-refractivity contribution < 1.29 is 43.2 Å². The maximum absolute atomic E-state index is 13.0. The number of carbonyl (C=O) groups excluding carboxylic acids is 4. The van der Waals surface area contributed by atoms with E-state index in [-0.39, 0.29) is 30.6 Å². The molecule has 0 radical (unpaired) electrons. The molecule has 6 aliphatic rings. The minimum absolute atomic E-state index is 0.0409. The summed E-state index contributed by atoms with van der Waals surface area (Å²) >= 11 is 0. The predicted octanol–water partition coefficient (Wildman–Crippen LogP) is 6.24. The molecule has 4 saturated carbocycles. The van der Waals surface area contributed by atoms with Crippen molar-refractivity contribution in [3.8, 4) is 11.5 Å². The number of nitrogens with one attached hydrogen (secondary N) is 3. The Morgan fingerprint density at radius 2 is 1.40 bits per heavy atom. The summed E-state index contributed by atoms with van der Waals surface area (Å²) in [5.74, 6) is 3.29. The standard InChI is InChI=1S/C49H60N4O9/c54-38-10-6-34(7-11-38)46(47-36-27-32-26-33(29-36)30-37(47)28-32)35-8-12-39(13-9-35)62-19-2-1-17-51-44(55)16-20-59-22-24-61-25-23-60-21-18-50-42-5-3-4-40-41(42)31-53(49(40)58)43-14-15-45(56)52-48(43)57/h3-13,32-33,36-37,43,50,54H,1-2,14-31H2,(H,51,55)(H,52,56,57). The van der Waals surface area contributed by atoms with E-state index >= 15 is 0 Å². The Morgan fingerprint density at radius 1 is 0.742 bits per heavy atom. The zero-order valence-electron chi connectivity index (χ0n) is 35.5. The molecule has 1 saturated heterocycles. The highest BCUT2D eigenvalue weighted by Crippen LogP contribution is 2.58. The number of allylic oxidation sites excluding steroid dienone is 1. The number of nitrogens with zero attached hydrogens (tertiary/aromatic N) is 1. The lowest BCUT2D eigenvalue weighted by Gasteiger charge is -2.52. The van der Waals surface area contributed by atoms with Gasteiger partial charge in [0.1, 0.15) is 17.5 Å². The Labute approximate surface area is 363 Å². The molecule has 1 unspecified atom stereocenters. The lowest BCUT2D eigenvalue weighted by molar-refractivity contribution is -0.137. The van der Waals surface area contributed by atoms with E-state index in [4.69, 9.17) is 18.9 Å². The highest BCUT2D eigenvalue weighted by molar-refractivity contribution is 6.06. The molecule has 4 aliphatic carbocycles. The van der Waals surface area contributed by atoms with Crippen molar-refractivity contribution in [1.29, 1.82) is 0 Å². The van der Waals surface area contributed by atoms with Gasteiger partial charge in [-0.1, -0.05) is 35.9 Å². The Kier molecular flexibility index (Phi) is 14.5. The summed E-state index contributed by atoms with van der Waals surface area (Å²) in [5, 5.41) is 18.6. The second-order valence-corrected chi connectivity index (χ2v) is 17.4. The molecule has 13 nitrogen and oxygen atoms in total. The van der Waals surface area contributed by atoms with Crippen molar-refractivity contribution in [1.82, 2.24) is 15.5 Å². The van der Waals surface area contributed by atoms with E-state index in [0.29, 0.717) is 95.5 Å². The monoisotopic (exact) mass is 848 g/mol. The SMILES string of the molecule is O=C(CCOCCOCCOCCNc1cccc2c1CN(C1CCC(=O)NC1=O)C2=O)NCCCCOc1ccc(C(=C2C3CC4CC(C3)CC2C4)c2ccc(O)cc2)cc1. The fourth-order valence-electron chi connectivity index (χ4n) is 10.4. The minimum atomic E-state index is -0.647. The average molecular weight is 849 g/mol. The molecule has 4 bridgehead atoms. The van der Waals surface area contributed by atoms with Gasteiger partial charge < -0.3 is 39.6 Å². The van der Waals surface area contributed by atoms with Crippen LogP contribution in [-0.2, 0) is 35.1 Å². The number of hydrogen-bond donors (Lipinski definition) is 4. The van der Waals surface area contributed by atoms with Crippen molar-refractivity contribution in [2.24, 2.45) is 23.7 Å². The molecular weight excluding hydrogens is 789 g/mol. The van der Waals surface area contributed by atoms with Crippen molar-refractivity contribution in [3.05, 3.63) is 94.6 Å². The van der Waals surface area contributed by atoms with E-state index in [1.807, 2.05) is 12.1 Å². The Balaban J connectivity index is 0.640. The van der Waals surface area contributed by atoms with Crippen LogP contribution in [0, 0.1) is 23.7 Å². The van der Waals surface area contributed by atoms with Gasteiger partial charge in [-0.2, -0.15) is 0 Å². The Hall–Kier alpha value is -5.24. The minimum Gasteiger partial charge on any atom is -0.508 e. The molecule has 9 rings (SSSR count). The Morgan fingerprint density at radius 3 is 2.10 bits per heavy atom. The third-order valence-corrected chi connectivity index (χ3v) is 13.1. The third-order valence-electron chi connectivity index (χ3n) is 13.1. The highest BCUT2D eigenvalue weighted by atomic mass is 16.5. The van der Waals surface area contributed by atoms with Crippen LogP contribution in [0.5, 0.6) is 11.5 Å². The molecule has 5 fully saturated rings. The number of unbranched alkanes of at least 4 members (excludes halogenated alkanes) is 1. The predicted molar refractivity (Wildman–Crippen MR) is 233 cm³/mol. The van der Waals surface area contributed by atoms with Gasteiger partial charge in [-0.3, -0.25) is 24.5 Å². The number of piperidine rings is 1. The number of rotatable bonds is 22. The van der Waals surface area contributed by atoms with Gasteiger partial charge in [-0.15, -0.1) is 0 Å². The van der Waals surface area contributed by atoms with Crippen LogP contribution >= 0.6 is 0 Å². The second kappa shape index (κ2) is 20.8. The van der Waals surface area contributed by atoms with Crippen LogP contribution in [-0.4, -0.2) is 99.0 Å². The number of anilines is 1. The number of phenolic OH excluding ortho intramolecular Hbond substituents is 1. The molecule has 3 aromatic rings. The summed E-state index contributed by atoms with van der Waals surface area (Å²) in [5.41, 5.74) is 7.61. The van der Waals surface area contributed by atoms with E-state index in [1.54, 1.807) is 28.7 Å². The first-order valence-electron chi connectivity index (χ1n) is 22.6. The molecule has 0 spiro atoms. The van der Waals surface area contributed by atoms with Crippen molar-refractivity contribution in [2.45, 2.75) is 76.8 Å². The van der Waals surface area contributed by atoms with E-state index in [9.17, 15) is 24.3 Å². The van der Waals surface area contributed by atoms with Crippen LogP contribution in [0.1, 0.15) is 91.3 Å². The lowest BCUT2D eigenvalue weighted by atomic mass is 9.53. The van der Waals surface area contributed by atoms with Gasteiger partial charge in [0.2, 0.25) is 17.7 Å². The third kappa shape index (κ3) is 10.7. The van der Waals surface area contributed by atoms with E-state index in [1.165, 1.54) is 48.8 Å². The first kappa shape index (κ1) is 43.4. The average Bonchev–Trinajstić information content (AvgIpc) is 3.60. The van der Waals surface area contributed by atoms with E-state index < -0.39 is 11.9 Å². The number of ether oxygens (including phenoxy) is 4. The van der Waals surface area contributed by atoms with Crippen molar-refractivity contribution >= 4 is 34.9 Å². The van der Waals surface area contributed by atoms with Crippen LogP contribution in [0.4, 0.5) is 5.69 Å². The maximum atomic E-state index is 13.0. The highest BCUT2D eigenvalue weighted by Gasteiger charge is 2.46. The summed E-state index contributed by atoms with van der Waals surface area (Å²) in [4.78, 5) is 50.8. The number of phenols is 1. The largest absolute Gasteiger partial charge is 0.508 e. The number of amides is 4. The number of carbonyl (C=O) groups is 4. The molecule has 1 atom stereocenters. The maximum Gasteiger partial charge on any atom is 0.255 e. The van der Waals surface area contributed by atoms with E-state index in [0.717, 1.165) is 41.7 Å². The van der Waals surface area contributed by atoms with Crippen LogP contribution in [0.3, 0.4) is 0 Å². The van der Waals surface area contributed by atoms with Gasteiger partial charge in [0.25, 0.3) is 5.91 Å². The summed E-state index contributed by atoms with van der Waals surface area (Å²) in [6.07, 6.45) is 9.18. The molecule has 2 heterocycles. The topological polar surface area (TPSA) is 165 Å². The summed E-state index contributed by atoms with van der Waals surface area (Å²) < 4.78 is 22.9. The molecule has 13 heteroatoms. The summed E-state index contributed by atoms with van der Waals surface area (Å²) in [6, 6.07) is 21.1. The molecule has 0 aromatic heterocycles. The van der Waals surface area contributed by atoms with Gasteiger partial charge in [0.05, 0.1) is 46.2 Å². The zero-order chi connectivity index (χ0) is 42.8. The smallest absolute Gasteiger partial charge is 0.255 e. The normalized spacial score (nSPS) is 22.5. The second-order valence-electron chi connectivity index (χ2n) is 17.4. The molecule has 62 heavy (non-hydrogen) atoms. The zero-order valence-corrected chi connectivity index (χ0v) is 35.5. The van der Waals surface area contributed by atoms with Gasteiger partial charge in [-0.05, 0) is 128 Å². The molecule has 4 N–H and O–H groups in total. The van der Waals surface area contributed by atoms with Crippen LogP contribution in [0.25, 0.3) is 5.57 Å². The summed E-state index contributed by atoms with van der Waals surface area (Å²) in [6.45, 7) is 4.38.